The van der Waals surface area contributed by atoms with Crippen LogP contribution in [0.1, 0.15) is 111 Å². The molecular weight excluding hydrogens is 871 g/mol. The number of aliphatic hydroxyl groups excluding tert-OH is 4. The van der Waals surface area contributed by atoms with Crippen LogP contribution in [-0.4, -0.2) is 65.8 Å². The summed E-state index contributed by atoms with van der Waals surface area (Å²) in [5.41, 5.74) is 3.22. The zero-order valence-corrected chi connectivity index (χ0v) is 38.4. The lowest BCUT2D eigenvalue weighted by atomic mass is 9.94. The summed E-state index contributed by atoms with van der Waals surface area (Å²) < 4.78 is 69.5. The summed E-state index contributed by atoms with van der Waals surface area (Å²) in [6.07, 6.45) is 3.91. The number of carbonyl (C=O) groups excluding carboxylic acids is 2. The van der Waals surface area contributed by atoms with Crippen molar-refractivity contribution < 1.29 is 66.0 Å². The molecule has 0 fully saturated rings. The molecule has 348 valence electrons. The third kappa shape index (κ3) is 10.9. The van der Waals surface area contributed by atoms with Gasteiger partial charge in [0.05, 0.1) is 45.5 Å². The molecule has 2 aliphatic rings. The maximum Gasteiger partial charge on any atom is 0.298 e. The lowest BCUT2D eigenvalue weighted by Crippen LogP contribution is -2.27. The van der Waals surface area contributed by atoms with Crippen molar-refractivity contribution in [1.29, 1.82) is 0 Å². The molecule has 2 aliphatic heterocycles. The number of halogens is 1. The molecular formula is C51H53FO13S. The Hall–Kier alpha value is -6.20. The SMILES string of the molecule is COc1cc(C(OS(=O)(=O)c2ccc(C)cc2)C(=O)c2ccc3c(c2)C=CC(C)(C)O3)cc(CO)c1CO.COc1cc(C([18F])C(=O)c2ccc3c(c2)C=CC(C)(C)O3)cc(CO)c1CO. The molecule has 66 heavy (non-hydrogen) atoms. The van der Waals surface area contributed by atoms with Crippen molar-refractivity contribution in [3.8, 4) is 23.0 Å². The molecule has 0 saturated carbocycles. The van der Waals surface area contributed by atoms with Gasteiger partial charge in [0.2, 0.25) is 5.78 Å². The van der Waals surface area contributed by atoms with E-state index in [-0.39, 0.29) is 50.8 Å². The number of Topliss-reactive ketones (excluding diaryl/α,β-unsaturated/α-hetero) is 2. The van der Waals surface area contributed by atoms with Gasteiger partial charge in [-0.3, -0.25) is 9.59 Å². The predicted octanol–water partition coefficient (Wildman–Crippen LogP) is 8.26. The Morgan fingerprint density at radius 2 is 1.09 bits per heavy atom. The lowest BCUT2D eigenvalue weighted by Gasteiger charge is -2.28. The Morgan fingerprint density at radius 3 is 1.55 bits per heavy atom. The predicted molar refractivity (Wildman–Crippen MR) is 245 cm³/mol. The average molecular weight is 924 g/mol. The van der Waals surface area contributed by atoms with Crippen molar-refractivity contribution in [1.82, 2.24) is 0 Å². The van der Waals surface area contributed by atoms with E-state index in [0.29, 0.717) is 39.3 Å². The Morgan fingerprint density at radius 1 is 0.636 bits per heavy atom. The molecule has 15 heteroatoms. The number of ketones is 2. The van der Waals surface area contributed by atoms with Crippen LogP contribution in [0.15, 0.2) is 102 Å². The molecule has 2 heterocycles. The highest BCUT2D eigenvalue weighted by Crippen LogP contribution is 2.38. The Labute approximate surface area is 383 Å². The fourth-order valence-electron chi connectivity index (χ4n) is 7.41. The van der Waals surface area contributed by atoms with Gasteiger partial charge in [0, 0.05) is 33.4 Å². The minimum atomic E-state index is -4.38. The molecule has 7 rings (SSSR count). The normalized spacial score (nSPS) is 15.2. The highest BCUT2D eigenvalue weighted by atomic mass is 32.2. The van der Waals surface area contributed by atoms with Crippen LogP contribution in [0.5, 0.6) is 23.0 Å². The molecule has 0 saturated heterocycles. The van der Waals surface area contributed by atoms with Crippen LogP contribution in [0.2, 0.25) is 0 Å². The van der Waals surface area contributed by atoms with Gasteiger partial charge >= 0.3 is 0 Å². The van der Waals surface area contributed by atoms with Gasteiger partial charge in [-0.1, -0.05) is 29.8 Å². The van der Waals surface area contributed by atoms with Gasteiger partial charge in [0.15, 0.2) is 18.1 Å². The molecule has 5 aromatic rings. The number of hydrogen-bond donors (Lipinski definition) is 4. The van der Waals surface area contributed by atoms with Crippen molar-refractivity contribution in [3.05, 3.63) is 158 Å². The van der Waals surface area contributed by atoms with Gasteiger partial charge in [-0.25, -0.2) is 8.57 Å². The first-order chi connectivity index (χ1) is 31.3. The quantitative estimate of drug-likeness (QED) is 0.0580. The Kier molecular flexibility index (Phi) is 15.0. The number of ether oxygens (including phenoxy) is 4. The largest absolute Gasteiger partial charge is 0.496 e. The summed E-state index contributed by atoms with van der Waals surface area (Å²) in [5, 5.41) is 38.7. The average Bonchev–Trinajstić information content (AvgIpc) is 3.30. The molecule has 5 aromatic carbocycles. The first kappa shape index (κ1) is 49.2. The van der Waals surface area contributed by atoms with Crippen molar-refractivity contribution in [2.45, 2.75) is 89.4 Å². The lowest BCUT2D eigenvalue weighted by molar-refractivity contribution is 0.0800. The van der Waals surface area contributed by atoms with Gasteiger partial charge in [-0.15, -0.1) is 0 Å². The van der Waals surface area contributed by atoms with Crippen LogP contribution in [0.4, 0.5) is 4.39 Å². The van der Waals surface area contributed by atoms with E-state index in [1.165, 1.54) is 56.7 Å². The zero-order valence-electron chi connectivity index (χ0n) is 37.6. The van der Waals surface area contributed by atoms with Crippen molar-refractivity contribution in [3.63, 3.8) is 0 Å². The number of aliphatic hydroxyl groups is 4. The van der Waals surface area contributed by atoms with Gasteiger partial charge in [-0.05, 0) is 142 Å². The van der Waals surface area contributed by atoms with Crippen LogP contribution in [0.3, 0.4) is 0 Å². The van der Waals surface area contributed by atoms with Gasteiger partial charge in [0.1, 0.15) is 34.2 Å². The van der Waals surface area contributed by atoms with Crippen molar-refractivity contribution >= 4 is 33.8 Å². The minimum Gasteiger partial charge on any atom is -0.496 e. The van der Waals surface area contributed by atoms with Crippen molar-refractivity contribution in [2.75, 3.05) is 14.2 Å². The van der Waals surface area contributed by atoms with E-state index in [9.17, 15) is 38.4 Å². The highest BCUT2D eigenvalue weighted by Gasteiger charge is 2.33. The van der Waals surface area contributed by atoms with Gasteiger partial charge in [0.25, 0.3) is 10.1 Å². The van der Waals surface area contributed by atoms with Gasteiger partial charge < -0.3 is 39.4 Å². The van der Waals surface area contributed by atoms with E-state index in [1.54, 1.807) is 42.5 Å². The highest BCUT2D eigenvalue weighted by molar-refractivity contribution is 7.86. The fraction of sp³-hybridized carbons (Fsp3) is 0.294. The fourth-order valence-corrected chi connectivity index (χ4v) is 8.44. The third-order valence-corrected chi connectivity index (χ3v) is 12.3. The number of benzene rings is 5. The third-order valence-electron chi connectivity index (χ3n) is 11.0. The molecule has 0 aliphatic carbocycles. The summed E-state index contributed by atoms with van der Waals surface area (Å²) in [6.45, 7) is 7.83. The second kappa shape index (κ2) is 20.1. The molecule has 0 spiro atoms. The first-order valence-corrected chi connectivity index (χ1v) is 22.3. The maximum absolute atomic E-state index is 15.0. The van der Waals surface area contributed by atoms with Crippen LogP contribution >= 0.6 is 0 Å². The minimum absolute atomic E-state index is 0.0637. The summed E-state index contributed by atoms with van der Waals surface area (Å²) in [7, 11) is -1.62. The van der Waals surface area contributed by atoms with E-state index >= 15 is 4.39 Å². The van der Waals surface area contributed by atoms with E-state index < -0.39 is 65.0 Å². The Balaban J connectivity index is 0.000000229. The van der Waals surface area contributed by atoms with Crippen LogP contribution in [0, 0.1) is 6.92 Å². The molecule has 0 radical (unpaired) electrons. The zero-order chi connectivity index (χ0) is 48.1. The van der Waals surface area contributed by atoms with Crippen LogP contribution in [0.25, 0.3) is 12.2 Å². The summed E-state index contributed by atoms with van der Waals surface area (Å²) in [5.74, 6) is 0.315. The number of methoxy groups -OCH3 is 2. The first-order valence-electron chi connectivity index (χ1n) is 20.9. The van der Waals surface area contributed by atoms with E-state index in [1.807, 2.05) is 58.9 Å². The molecule has 13 nitrogen and oxygen atoms in total. The number of carbonyl (C=O) groups is 2. The number of alkyl halides is 1. The number of aryl methyl sites for hydroxylation is 1. The summed E-state index contributed by atoms with van der Waals surface area (Å²) in [4.78, 5) is 26.5. The number of rotatable bonds is 15. The summed E-state index contributed by atoms with van der Waals surface area (Å²) in [6, 6.07) is 21.3. The topological polar surface area (TPSA) is 195 Å². The molecule has 4 N–H and O–H groups in total. The number of hydrogen-bond acceptors (Lipinski definition) is 13. The standard InChI is InChI=1S/C29H30O8S.C22H23FO5/c1-18-5-8-23(9-6-18)38(33,34)37-28(21-14-22(16-30)24(17-31)26(15-21)35-4)27(32)20-7-10-25-19(13-20)11-12-29(2,3)36-25;1-22(2)7-6-13-8-14(4-5-18(13)28-22)21(26)20(23)15-9-16(11-24)17(12-25)19(10-15)27-3/h5-15,28,30-31H,16-17H2,1-4H3;4-10,20,24-25H,11-12H2,1-3H3/i;23-1. The molecule has 2 atom stereocenters. The molecule has 0 aromatic heterocycles. The molecule has 0 amide bonds. The Bertz CT molecular complexity index is 2740. The number of fused-ring (bicyclic) bond motifs is 2. The van der Waals surface area contributed by atoms with Crippen LogP contribution in [-0.2, 0) is 40.7 Å². The van der Waals surface area contributed by atoms with E-state index in [2.05, 4.69) is 0 Å². The molecule has 0 bridgehead atoms. The second-order valence-electron chi connectivity index (χ2n) is 16.8. The van der Waals surface area contributed by atoms with E-state index in [0.717, 1.165) is 5.56 Å². The molecule has 2 unspecified atom stereocenters. The summed E-state index contributed by atoms with van der Waals surface area (Å²) >= 11 is 0. The smallest absolute Gasteiger partial charge is 0.298 e. The second-order valence-corrected chi connectivity index (χ2v) is 18.3. The maximum atomic E-state index is 15.0. The van der Waals surface area contributed by atoms with Gasteiger partial charge in [-0.2, -0.15) is 8.42 Å². The van der Waals surface area contributed by atoms with Crippen LogP contribution < -0.4 is 18.9 Å². The van der Waals surface area contributed by atoms with Crippen molar-refractivity contribution in [2.24, 2.45) is 0 Å². The monoisotopic (exact) mass is 923 g/mol. The van der Waals surface area contributed by atoms with E-state index in [4.69, 9.17) is 23.1 Å².